The molecule has 0 radical (unpaired) electrons. The van der Waals surface area contributed by atoms with Crippen LogP contribution >= 0.6 is 15.9 Å². The molecule has 1 aliphatic heterocycles. The molecule has 0 aromatic heterocycles. The van der Waals surface area contributed by atoms with Crippen LogP contribution in [0.25, 0.3) is 0 Å². The van der Waals surface area contributed by atoms with Gasteiger partial charge in [-0.2, -0.15) is 0 Å². The normalized spacial score (nSPS) is 14.4. The molecule has 1 N–H and O–H groups in total. The van der Waals surface area contributed by atoms with E-state index in [4.69, 9.17) is 4.74 Å². The zero-order valence-electron chi connectivity index (χ0n) is 10.8. The van der Waals surface area contributed by atoms with E-state index in [0.717, 1.165) is 17.3 Å². The van der Waals surface area contributed by atoms with Gasteiger partial charge in [-0.05, 0) is 43.5 Å². The molecule has 0 fully saturated rings. The Hall–Kier alpha value is -0.870. The number of nitrogens with one attached hydrogen (secondary N) is 1. The number of carbonyl (C=O) groups is 1. The quantitative estimate of drug-likeness (QED) is 0.868. The zero-order chi connectivity index (χ0) is 13.2. The molecular weight excluding hydrogens is 294 g/mol. The third kappa shape index (κ3) is 3.12. The van der Waals surface area contributed by atoms with Crippen molar-refractivity contribution in [2.45, 2.75) is 39.0 Å². The number of hydrogen-bond acceptors (Lipinski definition) is 2. The van der Waals surface area contributed by atoms with Crippen molar-refractivity contribution in [2.24, 2.45) is 0 Å². The molecule has 0 saturated carbocycles. The van der Waals surface area contributed by atoms with Gasteiger partial charge in [-0.25, -0.2) is 0 Å². The third-order valence-electron chi connectivity index (χ3n) is 3.15. The molecule has 1 aromatic rings. The first-order chi connectivity index (χ1) is 8.52. The van der Waals surface area contributed by atoms with Gasteiger partial charge in [-0.3, -0.25) is 4.79 Å². The van der Waals surface area contributed by atoms with Gasteiger partial charge in [0.05, 0.1) is 13.2 Å². The molecule has 4 heteroatoms. The fourth-order valence-electron chi connectivity index (χ4n) is 1.99. The molecular formula is C14H18BrNO2. The molecule has 1 amide bonds. The van der Waals surface area contributed by atoms with Gasteiger partial charge in [0, 0.05) is 16.4 Å². The average Bonchev–Trinajstić information content (AvgIpc) is 2.74. The van der Waals surface area contributed by atoms with Crippen LogP contribution in [0.5, 0.6) is 0 Å². The van der Waals surface area contributed by atoms with Gasteiger partial charge < -0.3 is 10.1 Å². The Bertz CT molecular complexity index is 457. The van der Waals surface area contributed by atoms with Gasteiger partial charge in [-0.1, -0.05) is 22.0 Å². The lowest BCUT2D eigenvalue weighted by molar-refractivity contribution is 0.0911. The first kappa shape index (κ1) is 13.6. The van der Waals surface area contributed by atoms with Crippen molar-refractivity contribution in [2.75, 3.05) is 5.33 Å². The first-order valence-corrected chi connectivity index (χ1v) is 7.22. The van der Waals surface area contributed by atoms with Crippen LogP contribution in [-0.4, -0.2) is 16.8 Å². The number of ether oxygens (including phenoxy) is 1. The Morgan fingerprint density at radius 2 is 2.11 bits per heavy atom. The summed E-state index contributed by atoms with van der Waals surface area (Å²) in [5.41, 5.74) is 2.82. The van der Waals surface area contributed by atoms with Crippen molar-refractivity contribution in [1.82, 2.24) is 5.32 Å². The van der Waals surface area contributed by atoms with Crippen LogP contribution in [0.4, 0.5) is 0 Å². The number of alkyl halides is 1. The fraction of sp³-hybridized carbons (Fsp3) is 0.500. The molecule has 0 bridgehead atoms. The topological polar surface area (TPSA) is 38.3 Å². The Morgan fingerprint density at radius 3 is 2.83 bits per heavy atom. The Balaban J connectivity index is 2.10. The lowest BCUT2D eigenvalue weighted by Crippen LogP contribution is -2.43. The van der Waals surface area contributed by atoms with Gasteiger partial charge in [0.25, 0.3) is 5.91 Å². The van der Waals surface area contributed by atoms with E-state index in [2.05, 4.69) is 21.2 Å². The van der Waals surface area contributed by atoms with Crippen LogP contribution in [0.3, 0.4) is 0 Å². The number of rotatable bonds is 4. The van der Waals surface area contributed by atoms with Crippen molar-refractivity contribution < 1.29 is 9.53 Å². The first-order valence-electron chi connectivity index (χ1n) is 6.10. The second kappa shape index (κ2) is 5.41. The van der Waals surface area contributed by atoms with Crippen LogP contribution in [0.1, 0.15) is 41.8 Å². The van der Waals surface area contributed by atoms with Crippen LogP contribution in [-0.2, 0) is 18.0 Å². The highest BCUT2D eigenvalue weighted by molar-refractivity contribution is 9.09. The number of amides is 1. The maximum absolute atomic E-state index is 12.2. The Labute approximate surface area is 116 Å². The molecule has 0 saturated heterocycles. The van der Waals surface area contributed by atoms with E-state index in [1.807, 2.05) is 32.0 Å². The minimum absolute atomic E-state index is 0.0179. The SMILES string of the molecule is CC(C)(CCBr)NC(=O)c1ccc2c(c1)COC2. The van der Waals surface area contributed by atoms with Crippen molar-refractivity contribution >= 4 is 21.8 Å². The standard InChI is InChI=1S/C14H18BrNO2/c1-14(2,5-6-15)16-13(17)10-3-4-11-8-18-9-12(11)7-10/h3-4,7H,5-6,8-9H2,1-2H3,(H,16,17). The predicted octanol–water partition coefficient (Wildman–Crippen LogP) is 3.01. The third-order valence-corrected chi connectivity index (χ3v) is 3.55. The van der Waals surface area contributed by atoms with Gasteiger partial charge in [0.15, 0.2) is 0 Å². The highest BCUT2D eigenvalue weighted by Gasteiger charge is 2.21. The van der Waals surface area contributed by atoms with E-state index < -0.39 is 0 Å². The Morgan fingerprint density at radius 1 is 1.39 bits per heavy atom. The number of hydrogen-bond donors (Lipinski definition) is 1. The summed E-state index contributed by atoms with van der Waals surface area (Å²) >= 11 is 3.40. The molecule has 0 unspecified atom stereocenters. The zero-order valence-corrected chi connectivity index (χ0v) is 12.3. The molecule has 18 heavy (non-hydrogen) atoms. The highest BCUT2D eigenvalue weighted by Crippen LogP contribution is 2.21. The van der Waals surface area contributed by atoms with Gasteiger partial charge in [-0.15, -0.1) is 0 Å². The monoisotopic (exact) mass is 311 g/mol. The molecule has 98 valence electrons. The van der Waals surface area contributed by atoms with Crippen LogP contribution in [0, 0.1) is 0 Å². The van der Waals surface area contributed by atoms with Crippen molar-refractivity contribution in [3.8, 4) is 0 Å². The largest absolute Gasteiger partial charge is 0.372 e. The molecule has 1 heterocycles. The average molecular weight is 312 g/mol. The fourth-order valence-corrected chi connectivity index (χ4v) is 2.98. The second-order valence-corrected chi connectivity index (χ2v) is 6.05. The molecule has 3 nitrogen and oxygen atoms in total. The lowest BCUT2D eigenvalue weighted by Gasteiger charge is -2.25. The highest BCUT2D eigenvalue weighted by atomic mass is 79.9. The summed E-state index contributed by atoms with van der Waals surface area (Å²) in [5, 5.41) is 3.93. The lowest BCUT2D eigenvalue weighted by atomic mass is 10.0. The van der Waals surface area contributed by atoms with Crippen LogP contribution in [0.2, 0.25) is 0 Å². The summed E-state index contributed by atoms with van der Waals surface area (Å²) in [6, 6.07) is 5.78. The molecule has 0 spiro atoms. The van der Waals surface area contributed by atoms with E-state index in [9.17, 15) is 4.79 Å². The van der Waals surface area contributed by atoms with E-state index in [1.165, 1.54) is 5.56 Å². The summed E-state index contributed by atoms with van der Waals surface area (Å²) in [6.07, 6.45) is 0.896. The predicted molar refractivity (Wildman–Crippen MR) is 74.9 cm³/mol. The smallest absolute Gasteiger partial charge is 0.251 e. The molecule has 0 aliphatic carbocycles. The summed E-state index contributed by atoms with van der Waals surface area (Å²) in [6.45, 7) is 5.33. The molecule has 1 aromatic carbocycles. The number of fused-ring (bicyclic) bond motifs is 1. The van der Waals surface area contributed by atoms with Crippen molar-refractivity contribution in [3.05, 3.63) is 34.9 Å². The number of carbonyl (C=O) groups excluding carboxylic acids is 1. The van der Waals surface area contributed by atoms with Crippen LogP contribution in [0.15, 0.2) is 18.2 Å². The summed E-state index contributed by atoms with van der Waals surface area (Å²) < 4.78 is 5.35. The van der Waals surface area contributed by atoms with Crippen LogP contribution < -0.4 is 5.32 Å². The van der Waals surface area contributed by atoms with E-state index in [0.29, 0.717) is 18.8 Å². The maximum Gasteiger partial charge on any atom is 0.251 e. The van der Waals surface area contributed by atoms with Crippen molar-refractivity contribution in [1.29, 1.82) is 0 Å². The second-order valence-electron chi connectivity index (χ2n) is 5.25. The van der Waals surface area contributed by atoms with Crippen molar-refractivity contribution in [3.63, 3.8) is 0 Å². The van der Waals surface area contributed by atoms with E-state index in [1.54, 1.807) is 0 Å². The number of benzene rings is 1. The molecule has 1 aliphatic rings. The summed E-state index contributed by atoms with van der Waals surface area (Å²) in [4.78, 5) is 12.2. The van der Waals surface area contributed by atoms with E-state index >= 15 is 0 Å². The van der Waals surface area contributed by atoms with Gasteiger partial charge >= 0.3 is 0 Å². The minimum Gasteiger partial charge on any atom is -0.372 e. The minimum atomic E-state index is -0.198. The maximum atomic E-state index is 12.2. The molecule has 0 atom stereocenters. The van der Waals surface area contributed by atoms with E-state index in [-0.39, 0.29) is 11.4 Å². The summed E-state index contributed by atoms with van der Waals surface area (Å²) in [7, 11) is 0. The molecule has 2 rings (SSSR count). The Kier molecular flexibility index (Phi) is 4.07. The van der Waals surface area contributed by atoms with Gasteiger partial charge in [0.1, 0.15) is 0 Å². The summed E-state index contributed by atoms with van der Waals surface area (Å²) in [5.74, 6) is -0.0179. The number of halogens is 1. The van der Waals surface area contributed by atoms with Gasteiger partial charge in [0.2, 0.25) is 0 Å².